The van der Waals surface area contributed by atoms with Crippen LogP contribution in [0.15, 0.2) is 18.2 Å². The van der Waals surface area contributed by atoms with Crippen molar-refractivity contribution in [3.63, 3.8) is 0 Å². The van der Waals surface area contributed by atoms with E-state index in [0.717, 1.165) is 18.7 Å². The lowest BCUT2D eigenvalue weighted by atomic mass is 9.89. The second-order valence-corrected chi connectivity index (χ2v) is 7.02. The molecule has 1 aromatic carbocycles. The first kappa shape index (κ1) is 17.4. The summed E-state index contributed by atoms with van der Waals surface area (Å²) in [5, 5.41) is 11.7. The Morgan fingerprint density at radius 2 is 2.04 bits per heavy atom. The largest absolute Gasteiger partial charge is 0.347 e. The Balaban J connectivity index is 1.58. The highest BCUT2D eigenvalue weighted by Gasteiger charge is 2.32. The lowest BCUT2D eigenvalue weighted by molar-refractivity contribution is -0.128. The van der Waals surface area contributed by atoms with Crippen molar-refractivity contribution >= 4 is 11.8 Å². The minimum atomic E-state index is -0.620. The Labute approximate surface area is 146 Å². The van der Waals surface area contributed by atoms with Crippen LogP contribution in [0.5, 0.6) is 0 Å². The van der Waals surface area contributed by atoms with Crippen LogP contribution in [0, 0.1) is 23.1 Å². The molecule has 1 N–H and O–H groups in total. The monoisotopic (exact) mass is 343 g/mol. The SMILES string of the molecule is N#Cc1cc(F)cc(C(=O)NC2CC(=O)N(CC3CCCCC3)C2)c1. The maximum absolute atomic E-state index is 13.5. The third-order valence-electron chi connectivity index (χ3n) is 5.04. The number of nitriles is 1. The molecule has 1 atom stereocenters. The van der Waals surface area contributed by atoms with Crippen LogP contribution in [0.25, 0.3) is 0 Å². The van der Waals surface area contributed by atoms with Gasteiger partial charge in [0.2, 0.25) is 5.91 Å². The molecule has 6 heteroatoms. The van der Waals surface area contributed by atoms with Crippen molar-refractivity contribution in [3.8, 4) is 6.07 Å². The van der Waals surface area contributed by atoms with Gasteiger partial charge >= 0.3 is 0 Å². The summed E-state index contributed by atoms with van der Waals surface area (Å²) >= 11 is 0. The summed E-state index contributed by atoms with van der Waals surface area (Å²) in [4.78, 5) is 26.4. The topological polar surface area (TPSA) is 73.2 Å². The zero-order valence-corrected chi connectivity index (χ0v) is 14.1. The smallest absolute Gasteiger partial charge is 0.251 e. The highest BCUT2D eigenvalue weighted by molar-refractivity contribution is 5.95. The van der Waals surface area contributed by atoms with E-state index < -0.39 is 11.7 Å². The number of carbonyl (C=O) groups is 2. The first-order chi connectivity index (χ1) is 12.0. The van der Waals surface area contributed by atoms with Gasteiger partial charge in [0.15, 0.2) is 0 Å². The summed E-state index contributed by atoms with van der Waals surface area (Å²) in [7, 11) is 0. The molecule has 1 saturated carbocycles. The van der Waals surface area contributed by atoms with Crippen molar-refractivity contribution < 1.29 is 14.0 Å². The minimum absolute atomic E-state index is 0.0628. The van der Waals surface area contributed by atoms with Crippen molar-refractivity contribution in [1.82, 2.24) is 10.2 Å². The maximum Gasteiger partial charge on any atom is 0.251 e. The lowest BCUT2D eigenvalue weighted by Crippen LogP contribution is -2.38. The average molecular weight is 343 g/mol. The standard InChI is InChI=1S/C19H22FN3O2/c20-16-7-14(10-21)6-15(8-16)19(25)22-17-9-18(24)23(12-17)11-13-4-2-1-3-5-13/h6-8,13,17H,1-5,9,11-12H2,(H,22,25). The molecule has 1 aliphatic heterocycles. The van der Waals surface area contributed by atoms with Crippen LogP contribution in [0.1, 0.15) is 54.4 Å². The molecule has 1 unspecified atom stereocenters. The molecule has 1 aliphatic carbocycles. The van der Waals surface area contributed by atoms with Crippen LogP contribution in [0.4, 0.5) is 4.39 Å². The lowest BCUT2D eigenvalue weighted by Gasteiger charge is -2.27. The summed E-state index contributed by atoms with van der Waals surface area (Å²) in [5.74, 6) is -0.444. The van der Waals surface area contributed by atoms with E-state index in [1.54, 1.807) is 0 Å². The first-order valence-electron chi connectivity index (χ1n) is 8.84. The molecule has 132 valence electrons. The van der Waals surface area contributed by atoms with E-state index in [1.165, 1.54) is 38.2 Å². The van der Waals surface area contributed by atoms with Gasteiger partial charge in [0.25, 0.3) is 5.91 Å². The number of nitrogens with zero attached hydrogens (tertiary/aromatic N) is 2. The number of carbonyl (C=O) groups excluding carboxylic acids is 2. The van der Waals surface area contributed by atoms with E-state index in [-0.39, 0.29) is 29.5 Å². The molecule has 1 aromatic rings. The van der Waals surface area contributed by atoms with Gasteiger partial charge < -0.3 is 10.2 Å². The van der Waals surface area contributed by atoms with E-state index in [1.807, 2.05) is 11.0 Å². The van der Waals surface area contributed by atoms with Crippen LogP contribution < -0.4 is 5.32 Å². The van der Waals surface area contributed by atoms with Gasteiger partial charge in [-0.2, -0.15) is 5.26 Å². The number of likely N-dealkylation sites (tertiary alicyclic amines) is 1. The quantitative estimate of drug-likeness (QED) is 0.913. The number of benzene rings is 1. The Bertz CT molecular complexity index is 707. The van der Waals surface area contributed by atoms with Gasteiger partial charge in [-0.3, -0.25) is 9.59 Å². The van der Waals surface area contributed by atoms with Gasteiger partial charge in [0, 0.05) is 25.1 Å². The van der Waals surface area contributed by atoms with Gasteiger partial charge in [-0.15, -0.1) is 0 Å². The van der Waals surface area contributed by atoms with E-state index in [9.17, 15) is 14.0 Å². The van der Waals surface area contributed by atoms with E-state index >= 15 is 0 Å². The van der Waals surface area contributed by atoms with Crippen molar-refractivity contribution in [2.24, 2.45) is 5.92 Å². The molecule has 0 bridgehead atoms. The predicted octanol–water partition coefficient (Wildman–Crippen LogP) is 2.61. The highest BCUT2D eigenvalue weighted by atomic mass is 19.1. The highest BCUT2D eigenvalue weighted by Crippen LogP contribution is 2.26. The molecule has 2 fully saturated rings. The Hall–Kier alpha value is -2.42. The third-order valence-corrected chi connectivity index (χ3v) is 5.04. The number of hydrogen-bond acceptors (Lipinski definition) is 3. The van der Waals surface area contributed by atoms with Crippen LogP contribution in [-0.2, 0) is 4.79 Å². The zero-order chi connectivity index (χ0) is 17.8. The van der Waals surface area contributed by atoms with Gasteiger partial charge in [-0.25, -0.2) is 4.39 Å². The van der Waals surface area contributed by atoms with Crippen molar-refractivity contribution in [2.45, 2.75) is 44.6 Å². The van der Waals surface area contributed by atoms with Crippen molar-refractivity contribution in [1.29, 1.82) is 5.26 Å². The van der Waals surface area contributed by atoms with Gasteiger partial charge in [-0.1, -0.05) is 19.3 Å². The normalized spacial score (nSPS) is 21.2. The second-order valence-electron chi connectivity index (χ2n) is 7.02. The molecule has 25 heavy (non-hydrogen) atoms. The Morgan fingerprint density at radius 1 is 1.28 bits per heavy atom. The van der Waals surface area contributed by atoms with E-state index in [2.05, 4.69) is 5.32 Å². The number of rotatable bonds is 4. The summed E-state index contributed by atoms with van der Waals surface area (Å²) in [6, 6.07) is 5.11. The van der Waals surface area contributed by atoms with E-state index in [0.29, 0.717) is 12.5 Å². The molecule has 0 aromatic heterocycles. The molecule has 0 radical (unpaired) electrons. The number of amides is 2. The number of nitrogens with one attached hydrogen (secondary N) is 1. The summed E-state index contributed by atoms with van der Waals surface area (Å²) in [6.07, 6.45) is 6.35. The van der Waals surface area contributed by atoms with E-state index in [4.69, 9.17) is 5.26 Å². The van der Waals surface area contributed by atoms with Crippen molar-refractivity contribution in [2.75, 3.05) is 13.1 Å². The summed E-state index contributed by atoms with van der Waals surface area (Å²) < 4.78 is 13.5. The summed E-state index contributed by atoms with van der Waals surface area (Å²) in [5.41, 5.74) is 0.210. The van der Waals surface area contributed by atoms with Gasteiger partial charge in [0.1, 0.15) is 5.82 Å². The number of hydrogen-bond donors (Lipinski definition) is 1. The molecule has 1 saturated heterocycles. The Kier molecular flexibility index (Phi) is 5.32. The zero-order valence-electron chi connectivity index (χ0n) is 14.1. The molecular weight excluding hydrogens is 321 g/mol. The number of halogens is 1. The molecular formula is C19H22FN3O2. The molecule has 5 nitrogen and oxygen atoms in total. The third kappa shape index (κ3) is 4.36. The summed E-state index contributed by atoms with van der Waals surface area (Å²) in [6.45, 7) is 1.27. The minimum Gasteiger partial charge on any atom is -0.347 e. The molecule has 3 rings (SSSR count). The first-order valence-corrected chi connectivity index (χ1v) is 8.84. The van der Waals surface area contributed by atoms with Crippen LogP contribution in [0.2, 0.25) is 0 Å². The molecule has 1 heterocycles. The molecule has 2 aliphatic rings. The maximum atomic E-state index is 13.5. The van der Waals surface area contributed by atoms with Crippen LogP contribution >= 0.6 is 0 Å². The average Bonchev–Trinajstić information content (AvgIpc) is 2.94. The fourth-order valence-electron chi connectivity index (χ4n) is 3.78. The Morgan fingerprint density at radius 3 is 2.76 bits per heavy atom. The van der Waals surface area contributed by atoms with Crippen LogP contribution in [-0.4, -0.2) is 35.8 Å². The van der Waals surface area contributed by atoms with Gasteiger partial charge in [0.05, 0.1) is 17.7 Å². The van der Waals surface area contributed by atoms with Gasteiger partial charge in [-0.05, 0) is 37.0 Å². The molecule has 2 amide bonds. The fraction of sp³-hybridized carbons (Fsp3) is 0.526. The fourth-order valence-corrected chi connectivity index (χ4v) is 3.78. The van der Waals surface area contributed by atoms with Crippen molar-refractivity contribution in [3.05, 3.63) is 35.1 Å². The molecule has 0 spiro atoms. The second kappa shape index (κ2) is 7.64. The predicted molar refractivity (Wildman–Crippen MR) is 90.1 cm³/mol. The van der Waals surface area contributed by atoms with Crippen LogP contribution in [0.3, 0.4) is 0 Å².